The highest BCUT2D eigenvalue weighted by Gasteiger charge is 2.19. The molecule has 3 aromatic carbocycles. The maximum atomic E-state index is 12.0. The Balaban J connectivity index is 1.48. The molecule has 0 saturated heterocycles. The summed E-state index contributed by atoms with van der Waals surface area (Å²) in [4.78, 5) is 22.1. The molecular formula is C20H13NO5. The molecule has 128 valence electrons. The van der Waals surface area contributed by atoms with E-state index in [0.29, 0.717) is 5.75 Å². The van der Waals surface area contributed by atoms with Gasteiger partial charge in [0.05, 0.1) is 4.92 Å². The summed E-state index contributed by atoms with van der Waals surface area (Å²) in [6.45, 7) is 0. The van der Waals surface area contributed by atoms with Crippen molar-refractivity contribution in [3.63, 3.8) is 0 Å². The van der Waals surface area contributed by atoms with Crippen LogP contribution in [0.15, 0.2) is 66.7 Å². The lowest BCUT2D eigenvalue weighted by Crippen LogP contribution is -2.13. The van der Waals surface area contributed by atoms with E-state index in [9.17, 15) is 14.9 Å². The zero-order valence-corrected chi connectivity index (χ0v) is 13.5. The third kappa shape index (κ3) is 3.00. The molecule has 1 aliphatic carbocycles. The highest BCUT2D eigenvalue weighted by molar-refractivity contribution is 5.78. The van der Waals surface area contributed by atoms with E-state index in [0.717, 1.165) is 17.5 Å². The maximum Gasteiger partial charge on any atom is 0.519 e. The number of ether oxygens (including phenoxy) is 2. The minimum Gasteiger partial charge on any atom is -0.395 e. The fraction of sp³-hybridized carbons (Fsp3) is 0.0500. The molecule has 0 amide bonds. The van der Waals surface area contributed by atoms with E-state index < -0.39 is 11.1 Å². The van der Waals surface area contributed by atoms with Crippen LogP contribution in [0.3, 0.4) is 0 Å². The lowest BCUT2D eigenvalue weighted by molar-refractivity contribution is -0.384. The SMILES string of the molecule is O=C(Oc1ccc([N+](=O)[O-])cc1)Oc1ccc2c(c1)-c1ccccc1C2. The molecule has 0 atom stereocenters. The summed E-state index contributed by atoms with van der Waals surface area (Å²) in [5.41, 5.74) is 4.52. The molecule has 0 aliphatic heterocycles. The Labute approximate surface area is 148 Å². The first-order valence-electron chi connectivity index (χ1n) is 7.95. The number of nitro groups is 1. The van der Waals surface area contributed by atoms with Gasteiger partial charge in [-0.3, -0.25) is 10.1 Å². The number of hydrogen-bond donors (Lipinski definition) is 0. The van der Waals surface area contributed by atoms with Crippen molar-refractivity contribution in [1.82, 2.24) is 0 Å². The number of carbonyl (C=O) groups is 1. The normalized spacial score (nSPS) is 11.4. The van der Waals surface area contributed by atoms with E-state index in [2.05, 4.69) is 6.07 Å². The van der Waals surface area contributed by atoms with Crippen molar-refractivity contribution in [2.45, 2.75) is 6.42 Å². The van der Waals surface area contributed by atoms with Crippen molar-refractivity contribution >= 4 is 11.8 Å². The second-order valence-corrected chi connectivity index (χ2v) is 5.86. The van der Waals surface area contributed by atoms with Gasteiger partial charge in [-0.25, -0.2) is 4.79 Å². The van der Waals surface area contributed by atoms with Crippen molar-refractivity contribution in [3.8, 4) is 22.6 Å². The number of non-ortho nitro benzene ring substituents is 1. The van der Waals surface area contributed by atoms with Crippen molar-refractivity contribution in [1.29, 1.82) is 0 Å². The van der Waals surface area contributed by atoms with Gasteiger partial charge in [0.25, 0.3) is 5.69 Å². The summed E-state index contributed by atoms with van der Waals surface area (Å²) >= 11 is 0. The zero-order valence-electron chi connectivity index (χ0n) is 13.5. The second kappa shape index (κ2) is 6.33. The summed E-state index contributed by atoms with van der Waals surface area (Å²) in [7, 11) is 0. The molecule has 0 spiro atoms. The Hall–Kier alpha value is -3.67. The van der Waals surface area contributed by atoms with Gasteiger partial charge in [-0.2, -0.15) is 0 Å². The van der Waals surface area contributed by atoms with Crippen molar-refractivity contribution in [2.75, 3.05) is 0 Å². The zero-order chi connectivity index (χ0) is 18.1. The Kier molecular flexibility index (Phi) is 3.85. The minimum atomic E-state index is -0.898. The molecule has 0 fully saturated rings. The fourth-order valence-electron chi connectivity index (χ4n) is 3.02. The van der Waals surface area contributed by atoms with Crippen LogP contribution in [0.1, 0.15) is 11.1 Å². The first kappa shape index (κ1) is 15.8. The van der Waals surface area contributed by atoms with Gasteiger partial charge in [0.1, 0.15) is 11.5 Å². The molecule has 0 radical (unpaired) electrons. The van der Waals surface area contributed by atoms with Crippen LogP contribution in [0.25, 0.3) is 11.1 Å². The first-order chi connectivity index (χ1) is 12.6. The first-order valence-corrected chi connectivity index (χ1v) is 7.95. The maximum absolute atomic E-state index is 12.0. The number of carbonyl (C=O) groups excluding carboxylic acids is 1. The molecule has 26 heavy (non-hydrogen) atoms. The number of fused-ring (bicyclic) bond motifs is 3. The van der Waals surface area contributed by atoms with Crippen LogP contribution in [0.4, 0.5) is 10.5 Å². The third-order valence-electron chi connectivity index (χ3n) is 4.22. The van der Waals surface area contributed by atoms with Crippen molar-refractivity contribution in [2.24, 2.45) is 0 Å². The Morgan fingerprint density at radius 2 is 1.50 bits per heavy atom. The average molecular weight is 347 g/mol. The number of nitro benzene ring substituents is 1. The largest absolute Gasteiger partial charge is 0.519 e. The summed E-state index contributed by atoms with van der Waals surface area (Å²) < 4.78 is 10.3. The van der Waals surface area contributed by atoms with Crippen LogP contribution in [-0.4, -0.2) is 11.1 Å². The Morgan fingerprint density at radius 1 is 0.846 bits per heavy atom. The molecule has 0 aromatic heterocycles. The van der Waals surface area contributed by atoms with E-state index in [4.69, 9.17) is 9.47 Å². The Morgan fingerprint density at radius 3 is 2.27 bits per heavy atom. The van der Waals surface area contributed by atoms with Gasteiger partial charge in [-0.15, -0.1) is 0 Å². The standard InChI is InChI=1S/C20H13NO5/c22-20(25-16-9-6-15(7-10-16)21(23)24)26-17-8-5-14-11-13-3-1-2-4-18(13)19(14)12-17/h1-10,12H,11H2. The van der Waals surface area contributed by atoms with Crippen LogP contribution in [0.5, 0.6) is 11.5 Å². The van der Waals surface area contributed by atoms with E-state index in [1.165, 1.54) is 35.4 Å². The highest BCUT2D eigenvalue weighted by atomic mass is 16.7. The molecule has 3 aromatic rings. The van der Waals surface area contributed by atoms with Crippen LogP contribution >= 0.6 is 0 Å². The number of rotatable bonds is 3. The molecule has 0 heterocycles. The molecule has 4 rings (SSSR count). The topological polar surface area (TPSA) is 78.7 Å². The van der Waals surface area contributed by atoms with Crippen molar-refractivity contribution < 1.29 is 19.2 Å². The van der Waals surface area contributed by atoms with Gasteiger partial charge >= 0.3 is 6.16 Å². The van der Waals surface area contributed by atoms with Crippen LogP contribution in [-0.2, 0) is 6.42 Å². The molecule has 0 unspecified atom stereocenters. The van der Waals surface area contributed by atoms with Crippen LogP contribution in [0, 0.1) is 10.1 Å². The van der Waals surface area contributed by atoms with E-state index >= 15 is 0 Å². The summed E-state index contributed by atoms with van der Waals surface area (Å²) in [5, 5.41) is 10.6. The summed E-state index contributed by atoms with van der Waals surface area (Å²) in [6.07, 6.45) is -0.0379. The molecule has 0 bridgehead atoms. The van der Waals surface area contributed by atoms with Crippen LogP contribution in [0.2, 0.25) is 0 Å². The molecule has 0 N–H and O–H groups in total. The van der Waals surface area contributed by atoms with Crippen LogP contribution < -0.4 is 9.47 Å². The monoisotopic (exact) mass is 347 g/mol. The summed E-state index contributed by atoms with van der Waals surface area (Å²) in [6, 6.07) is 18.8. The van der Waals surface area contributed by atoms with Gasteiger partial charge in [0, 0.05) is 12.1 Å². The molecule has 0 saturated carbocycles. The molecule has 1 aliphatic rings. The quantitative estimate of drug-likeness (QED) is 0.231. The number of benzene rings is 3. The average Bonchev–Trinajstić information content (AvgIpc) is 3.00. The van der Waals surface area contributed by atoms with Gasteiger partial charge in [0.15, 0.2) is 0 Å². The lowest BCUT2D eigenvalue weighted by atomic mass is 10.1. The fourth-order valence-corrected chi connectivity index (χ4v) is 3.02. The number of hydrogen-bond acceptors (Lipinski definition) is 5. The minimum absolute atomic E-state index is 0.0806. The van der Waals surface area contributed by atoms with Gasteiger partial charge < -0.3 is 9.47 Å². The third-order valence-corrected chi connectivity index (χ3v) is 4.22. The van der Waals surface area contributed by atoms with Gasteiger partial charge in [0.2, 0.25) is 0 Å². The van der Waals surface area contributed by atoms with Gasteiger partial charge in [-0.1, -0.05) is 30.3 Å². The predicted molar refractivity (Wildman–Crippen MR) is 94.4 cm³/mol. The summed E-state index contributed by atoms with van der Waals surface area (Å²) in [5.74, 6) is 0.555. The van der Waals surface area contributed by atoms with E-state index in [-0.39, 0.29) is 11.4 Å². The number of nitrogens with zero attached hydrogens (tertiary/aromatic N) is 1. The highest BCUT2D eigenvalue weighted by Crippen LogP contribution is 2.38. The second-order valence-electron chi connectivity index (χ2n) is 5.86. The van der Waals surface area contributed by atoms with E-state index in [1.54, 1.807) is 6.07 Å². The predicted octanol–water partition coefficient (Wildman–Crippen LogP) is 4.74. The van der Waals surface area contributed by atoms with Crippen molar-refractivity contribution in [3.05, 3.63) is 88.0 Å². The molecule has 6 nitrogen and oxygen atoms in total. The molecular weight excluding hydrogens is 334 g/mol. The molecule has 6 heteroatoms. The van der Waals surface area contributed by atoms with E-state index in [1.807, 2.05) is 30.3 Å². The lowest BCUT2D eigenvalue weighted by Gasteiger charge is -2.07. The van der Waals surface area contributed by atoms with Gasteiger partial charge in [-0.05, 0) is 52.9 Å². The smallest absolute Gasteiger partial charge is 0.395 e. The Bertz CT molecular complexity index is 1010.